The van der Waals surface area contributed by atoms with Gasteiger partial charge in [-0.1, -0.05) is 30.3 Å². The van der Waals surface area contributed by atoms with Gasteiger partial charge >= 0.3 is 0 Å². The third-order valence-corrected chi connectivity index (χ3v) is 1.61. The molecule has 0 N–H and O–H groups in total. The van der Waals surface area contributed by atoms with Gasteiger partial charge in [0.2, 0.25) is 0 Å². The molecule has 0 amide bonds. The third kappa shape index (κ3) is 2.57. The molecule has 0 bridgehead atoms. The molecule has 0 saturated carbocycles. The van der Waals surface area contributed by atoms with Crippen molar-refractivity contribution in [3.63, 3.8) is 0 Å². The summed E-state index contributed by atoms with van der Waals surface area (Å²) < 4.78 is 0. The maximum absolute atomic E-state index is 10.9. The summed E-state index contributed by atoms with van der Waals surface area (Å²) in [6, 6.07) is 11.2. The first kappa shape index (κ1) is 9.21. The Morgan fingerprint density at radius 1 is 1.38 bits per heavy atom. The zero-order valence-electron chi connectivity index (χ0n) is 7.32. The van der Waals surface area contributed by atoms with Crippen LogP contribution in [-0.4, -0.2) is 5.78 Å². The second-order valence-electron chi connectivity index (χ2n) is 2.64. The minimum absolute atomic E-state index is 0.186. The first-order chi connectivity index (χ1) is 6.24. The minimum Gasteiger partial charge on any atom is -0.294 e. The minimum atomic E-state index is -0.202. The molecule has 13 heavy (non-hydrogen) atoms. The van der Waals surface area contributed by atoms with Crippen LogP contribution in [0.25, 0.3) is 6.08 Å². The Balaban J connectivity index is 3.01. The number of hydrogen-bond donors (Lipinski definition) is 0. The topological polar surface area (TPSA) is 40.9 Å². The number of carbonyl (C=O) groups excluding carboxylic acids is 1. The lowest BCUT2D eigenvalue weighted by Crippen LogP contribution is -1.92. The molecule has 0 aromatic heterocycles. The molecule has 1 aromatic rings. The summed E-state index contributed by atoms with van der Waals surface area (Å²) in [5.74, 6) is -0.202. The van der Waals surface area contributed by atoms with Gasteiger partial charge in [0.15, 0.2) is 5.78 Å². The standard InChI is InChI=1S/C11H9NO/c1-9(13)11(8-12)7-10-5-3-2-4-6-10/h2-7H,1H3/b11-7-. The van der Waals surface area contributed by atoms with Crippen molar-refractivity contribution in [1.82, 2.24) is 0 Å². The van der Waals surface area contributed by atoms with Crippen molar-refractivity contribution in [3.8, 4) is 6.07 Å². The summed E-state index contributed by atoms with van der Waals surface area (Å²) >= 11 is 0. The average Bonchev–Trinajstić information content (AvgIpc) is 2.15. The highest BCUT2D eigenvalue weighted by atomic mass is 16.1. The molecule has 0 heterocycles. The number of carbonyl (C=O) groups is 1. The lowest BCUT2D eigenvalue weighted by atomic mass is 10.1. The summed E-state index contributed by atoms with van der Waals surface area (Å²) in [6.07, 6.45) is 1.59. The molecule has 0 atom stereocenters. The Hall–Kier alpha value is -1.88. The molecule has 0 aliphatic rings. The molecule has 0 unspecified atom stereocenters. The maximum atomic E-state index is 10.9. The average molecular weight is 171 g/mol. The Kier molecular flexibility index (Phi) is 2.99. The Labute approximate surface area is 77.1 Å². The van der Waals surface area contributed by atoms with Crippen molar-refractivity contribution in [3.05, 3.63) is 41.5 Å². The first-order valence-corrected chi connectivity index (χ1v) is 3.92. The van der Waals surface area contributed by atoms with Crippen LogP contribution >= 0.6 is 0 Å². The van der Waals surface area contributed by atoms with Crippen molar-refractivity contribution < 1.29 is 4.79 Å². The van der Waals surface area contributed by atoms with Gasteiger partial charge in [0.05, 0.1) is 5.57 Å². The Morgan fingerprint density at radius 3 is 2.46 bits per heavy atom. The number of nitrogens with zero attached hydrogens (tertiary/aromatic N) is 1. The van der Waals surface area contributed by atoms with Gasteiger partial charge in [-0.3, -0.25) is 4.79 Å². The van der Waals surface area contributed by atoms with Crippen LogP contribution in [0.4, 0.5) is 0 Å². The van der Waals surface area contributed by atoms with Crippen LogP contribution in [0, 0.1) is 11.3 Å². The molecule has 2 heteroatoms. The summed E-state index contributed by atoms with van der Waals surface area (Å²) in [4.78, 5) is 10.9. The van der Waals surface area contributed by atoms with Gasteiger partial charge in [-0.25, -0.2) is 0 Å². The molecule has 0 aliphatic carbocycles. The summed E-state index contributed by atoms with van der Waals surface area (Å²) in [5.41, 5.74) is 1.06. The quantitative estimate of drug-likeness (QED) is 0.505. The van der Waals surface area contributed by atoms with E-state index in [1.54, 1.807) is 6.08 Å². The fourth-order valence-corrected chi connectivity index (χ4v) is 0.929. The molecular weight excluding hydrogens is 162 g/mol. The van der Waals surface area contributed by atoms with E-state index in [2.05, 4.69) is 0 Å². The molecule has 0 fully saturated rings. The lowest BCUT2D eigenvalue weighted by molar-refractivity contribution is -0.113. The van der Waals surface area contributed by atoms with E-state index in [1.165, 1.54) is 6.92 Å². The highest BCUT2D eigenvalue weighted by Gasteiger charge is 2.00. The van der Waals surface area contributed by atoms with E-state index >= 15 is 0 Å². The summed E-state index contributed by atoms with van der Waals surface area (Å²) in [5, 5.41) is 8.62. The van der Waals surface area contributed by atoms with Gasteiger partial charge in [-0.2, -0.15) is 5.26 Å². The van der Waals surface area contributed by atoms with Crippen LogP contribution in [0.15, 0.2) is 35.9 Å². The van der Waals surface area contributed by atoms with E-state index < -0.39 is 0 Å². The SMILES string of the molecule is CC(=O)/C(C#N)=C\c1ccccc1. The van der Waals surface area contributed by atoms with Gasteiger partial charge in [0.1, 0.15) is 6.07 Å². The zero-order valence-corrected chi connectivity index (χ0v) is 7.32. The smallest absolute Gasteiger partial charge is 0.170 e. The zero-order chi connectivity index (χ0) is 9.68. The first-order valence-electron chi connectivity index (χ1n) is 3.92. The van der Waals surface area contributed by atoms with Crippen molar-refractivity contribution >= 4 is 11.9 Å². The number of rotatable bonds is 2. The van der Waals surface area contributed by atoms with Gasteiger partial charge in [0.25, 0.3) is 0 Å². The van der Waals surface area contributed by atoms with E-state index in [-0.39, 0.29) is 11.4 Å². The Morgan fingerprint density at radius 2 is 2.00 bits per heavy atom. The number of ketones is 1. The van der Waals surface area contributed by atoms with E-state index in [1.807, 2.05) is 36.4 Å². The lowest BCUT2D eigenvalue weighted by Gasteiger charge is -1.92. The van der Waals surface area contributed by atoms with Crippen molar-refractivity contribution in [2.45, 2.75) is 6.92 Å². The van der Waals surface area contributed by atoms with Crippen LogP contribution in [0.2, 0.25) is 0 Å². The number of Topliss-reactive ketones (excluding diaryl/α,β-unsaturated/α-hetero) is 1. The van der Waals surface area contributed by atoms with Crippen LogP contribution in [0.3, 0.4) is 0 Å². The second-order valence-corrected chi connectivity index (χ2v) is 2.64. The summed E-state index contributed by atoms with van der Waals surface area (Å²) in [6.45, 7) is 1.39. The Bertz CT molecular complexity index is 371. The van der Waals surface area contributed by atoms with Crippen LogP contribution < -0.4 is 0 Å². The fourth-order valence-electron chi connectivity index (χ4n) is 0.929. The third-order valence-electron chi connectivity index (χ3n) is 1.61. The highest BCUT2D eigenvalue weighted by Crippen LogP contribution is 2.06. The monoisotopic (exact) mass is 171 g/mol. The fraction of sp³-hybridized carbons (Fsp3) is 0.0909. The molecule has 1 aromatic carbocycles. The predicted molar refractivity (Wildman–Crippen MR) is 50.7 cm³/mol. The highest BCUT2D eigenvalue weighted by molar-refractivity contribution is 6.01. The number of benzene rings is 1. The predicted octanol–water partition coefficient (Wildman–Crippen LogP) is 2.18. The van der Waals surface area contributed by atoms with Crippen LogP contribution in [0.1, 0.15) is 12.5 Å². The van der Waals surface area contributed by atoms with Crippen molar-refractivity contribution in [2.24, 2.45) is 0 Å². The van der Waals surface area contributed by atoms with E-state index in [9.17, 15) is 4.79 Å². The largest absolute Gasteiger partial charge is 0.294 e. The molecule has 0 aliphatic heterocycles. The van der Waals surface area contributed by atoms with E-state index in [4.69, 9.17) is 5.26 Å². The second kappa shape index (κ2) is 4.22. The van der Waals surface area contributed by atoms with Gasteiger partial charge < -0.3 is 0 Å². The van der Waals surface area contributed by atoms with E-state index in [0.717, 1.165) is 5.56 Å². The normalized spacial score (nSPS) is 10.6. The van der Waals surface area contributed by atoms with Crippen molar-refractivity contribution in [2.75, 3.05) is 0 Å². The molecular formula is C11H9NO. The molecule has 0 spiro atoms. The van der Waals surface area contributed by atoms with Gasteiger partial charge in [0, 0.05) is 0 Å². The molecule has 0 radical (unpaired) electrons. The molecule has 64 valence electrons. The van der Waals surface area contributed by atoms with Crippen molar-refractivity contribution in [1.29, 1.82) is 5.26 Å². The van der Waals surface area contributed by atoms with Gasteiger partial charge in [-0.15, -0.1) is 0 Å². The molecule has 0 saturated heterocycles. The number of allylic oxidation sites excluding steroid dienone is 1. The van der Waals surface area contributed by atoms with E-state index in [0.29, 0.717) is 0 Å². The number of hydrogen-bond acceptors (Lipinski definition) is 2. The molecule has 1 rings (SSSR count). The van der Waals surface area contributed by atoms with Gasteiger partial charge in [-0.05, 0) is 18.6 Å². The summed E-state index contributed by atoms with van der Waals surface area (Å²) in [7, 11) is 0. The van der Waals surface area contributed by atoms with Crippen LogP contribution in [0.5, 0.6) is 0 Å². The number of nitriles is 1. The maximum Gasteiger partial charge on any atom is 0.170 e. The van der Waals surface area contributed by atoms with Crippen LogP contribution in [-0.2, 0) is 4.79 Å². The molecule has 2 nitrogen and oxygen atoms in total.